The van der Waals surface area contributed by atoms with Gasteiger partial charge in [-0.05, 0) is 12.5 Å². The number of rotatable bonds is 4. The third kappa shape index (κ3) is 3.75. The van der Waals surface area contributed by atoms with Crippen LogP contribution in [-0.4, -0.2) is 42.4 Å². The van der Waals surface area contributed by atoms with Gasteiger partial charge in [0.25, 0.3) is 0 Å². The van der Waals surface area contributed by atoms with Crippen LogP contribution in [0.2, 0.25) is 0 Å². The van der Waals surface area contributed by atoms with Crippen LogP contribution >= 0.6 is 11.8 Å². The molecule has 3 nitrogen and oxygen atoms in total. The summed E-state index contributed by atoms with van der Waals surface area (Å²) in [4.78, 5) is 14.1. The molecule has 1 saturated heterocycles. The van der Waals surface area contributed by atoms with Gasteiger partial charge >= 0.3 is 0 Å². The van der Waals surface area contributed by atoms with Gasteiger partial charge in [-0.2, -0.15) is 0 Å². The summed E-state index contributed by atoms with van der Waals surface area (Å²) in [6, 6.07) is 10.3. The van der Waals surface area contributed by atoms with E-state index in [1.165, 1.54) is 5.56 Å². The van der Waals surface area contributed by atoms with Crippen LogP contribution in [0.25, 0.3) is 0 Å². The van der Waals surface area contributed by atoms with E-state index in [0.717, 1.165) is 18.8 Å². The van der Waals surface area contributed by atoms with E-state index in [9.17, 15) is 4.79 Å². The van der Waals surface area contributed by atoms with Crippen LogP contribution in [0.15, 0.2) is 30.3 Å². The van der Waals surface area contributed by atoms with E-state index in [4.69, 9.17) is 4.74 Å². The number of ether oxygens (including phenoxy) is 1. The highest BCUT2D eigenvalue weighted by Gasteiger charge is 2.22. The average Bonchev–Trinajstić information content (AvgIpc) is 2.46. The predicted octanol–water partition coefficient (Wildman–Crippen LogP) is 2.17. The van der Waals surface area contributed by atoms with Gasteiger partial charge in [-0.1, -0.05) is 30.3 Å². The van der Waals surface area contributed by atoms with Crippen molar-refractivity contribution in [2.45, 2.75) is 17.9 Å². The zero-order valence-electron chi connectivity index (χ0n) is 10.7. The maximum Gasteiger partial charge on any atom is 0.235 e. The smallest absolute Gasteiger partial charge is 0.235 e. The topological polar surface area (TPSA) is 29.5 Å². The lowest BCUT2D eigenvalue weighted by molar-refractivity contribution is -0.134. The Morgan fingerprint density at radius 3 is 2.67 bits per heavy atom. The summed E-state index contributed by atoms with van der Waals surface area (Å²) in [6.45, 7) is 4.79. The van der Waals surface area contributed by atoms with Crippen molar-refractivity contribution < 1.29 is 9.53 Å². The maximum atomic E-state index is 12.2. The Hall–Kier alpha value is -1.00. The Bertz CT molecular complexity index is 377. The number of benzene rings is 1. The van der Waals surface area contributed by atoms with Crippen molar-refractivity contribution >= 4 is 17.7 Å². The lowest BCUT2D eigenvalue weighted by Gasteiger charge is -2.29. The summed E-state index contributed by atoms with van der Waals surface area (Å²) in [5.74, 6) is 1.12. The molecule has 0 N–H and O–H groups in total. The molecule has 18 heavy (non-hydrogen) atoms. The molecular formula is C14H19NO2S. The third-order valence-electron chi connectivity index (χ3n) is 3.01. The van der Waals surface area contributed by atoms with Crippen LogP contribution in [0.4, 0.5) is 0 Å². The standard InChI is InChI=1S/C14H19NO2S/c1-12(14(16)15-7-9-17-10-8-15)18-11-13-5-3-2-4-6-13/h2-6,12H,7-11H2,1H3/t12-/m0/s1. The highest BCUT2D eigenvalue weighted by molar-refractivity contribution is 7.99. The minimum Gasteiger partial charge on any atom is -0.378 e. The number of hydrogen-bond acceptors (Lipinski definition) is 3. The number of amides is 1. The Balaban J connectivity index is 1.80. The Kier molecular flexibility index (Phi) is 5.08. The third-order valence-corrected chi connectivity index (χ3v) is 4.21. The van der Waals surface area contributed by atoms with E-state index in [0.29, 0.717) is 13.2 Å². The quantitative estimate of drug-likeness (QED) is 0.835. The maximum absolute atomic E-state index is 12.2. The van der Waals surface area contributed by atoms with E-state index >= 15 is 0 Å². The first kappa shape index (κ1) is 13.4. The van der Waals surface area contributed by atoms with Crippen LogP contribution in [-0.2, 0) is 15.3 Å². The molecule has 0 spiro atoms. The fourth-order valence-corrected chi connectivity index (χ4v) is 2.83. The van der Waals surface area contributed by atoms with Crippen molar-refractivity contribution in [1.29, 1.82) is 0 Å². The molecule has 0 bridgehead atoms. The van der Waals surface area contributed by atoms with Crippen molar-refractivity contribution in [2.24, 2.45) is 0 Å². The van der Waals surface area contributed by atoms with Crippen molar-refractivity contribution in [1.82, 2.24) is 4.90 Å². The van der Waals surface area contributed by atoms with Crippen LogP contribution in [0.5, 0.6) is 0 Å². The lowest BCUT2D eigenvalue weighted by atomic mass is 10.2. The largest absolute Gasteiger partial charge is 0.378 e. The first-order valence-corrected chi connectivity index (χ1v) is 7.34. The van der Waals surface area contributed by atoms with Crippen LogP contribution in [0, 0.1) is 0 Å². The van der Waals surface area contributed by atoms with E-state index < -0.39 is 0 Å². The van der Waals surface area contributed by atoms with Gasteiger partial charge in [-0.15, -0.1) is 11.8 Å². The zero-order chi connectivity index (χ0) is 12.8. The first-order chi connectivity index (χ1) is 8.77. The van der Waals surface area contributed by atoms with Gasteiger partial charge in [-0.25, -0.2) is 0 Å². The highest BCUT2D eigenvalue weighted by atomic mass is 32.2. The predicted molar refractivity (Wildman–Crippen MR) is 74.6 cm³/mol. The second-order valence-corrected chi connectivity index (χ2v) is 5.71. The Morgan fingerprint density at radius 2 is 2.00 bits per heavy atom. The van der Waals surface area contributed by atoms with Gasteiger partial charge in [0.2, 0.25) is 5.91 Å². The molecule has 1 aromatic rings. The van der Waals surface area contributed by atoms with Gasteiger partial charge in [-0.3, -0.25) is 4.79 Å². The van der Waals surface area contributed by atoms with E-state index in [1.54, 1.807) is 11.8 Å². The van der Waals surface area contributed by atoms with Crippen LogP contribution in [0.1, 0.15) is 12.5 Å². The molecule has 0 radical (unpaired) electrons. The molecule has 2 rings (SSSR count). The monoisotopic (exact) mass is 265 g/mol. The van der Waals surface area contributed by atoms with Gasteiger partial charge in [0.05, 0.1) is 18.5 Å². The minimum absolute atomic E-state index is 0.0170. The molecule has 1 aromatic carbocycles. The molecule has 0 aromatic heterocycles. The average molecular weight is 265 g/mol. The summed E-state index contributed by atoms with van der Waals surface area (Å²) in [6.07, 6.45) is 0. The second kappa shape index (κ2) is 6.81. The molecule has 1 heterocycles. The SMILES string of the molecule is C[C@H](SCc1ccccc1)C(=O)N1CCOCC1. The van der Waals surface area contributed by atoms with Crippen LogP contribution < -0.4 is 0 Å². The van der Waals surface area contributed by atoms with Gasteiger partial charge in [0.1, 0.15) is 0 Å². The summed E-state index contributed by atoms with van der Waals surface area (Å²) < 4.78 is 5.26. The minimum atomic E-state index is 0.0170. The zero-order valence-corrected chi connectivity index (χ0v) is 11.5. The number of carbonyl (C=O) groups is 1. The summed E-state index contributed by atoms with van der Waals surface area (Å²) in [7, 11) is 0. The lowest BCUT2D eigenvalue weighted by Crippen LogP contribution is -2.44. The van der Waals surface area contributed by atoms with Crippen molar-refractivity contribution in [3.05, 3.63) is 35.9 Å². The molecule has 1 aliphatic rings. The molecule has 0 saturated carbocycles. The fraction of sp³-hybridized carbons (Fsp3) is 0.500. The normalized spacial score (nSPS) is 17.5. The van der Waals surface area contributed by atoms with Crippen molar-refractivity contribution in [3.63, 3.8) is 0 Å². The summed E-state index contributed by atoms with van der Waals surface area (Å²) in [5, 5.41) is 0.0170. The van der Waals surface area contributed by atoms with Crippen molar-refractivity contribution in [3.8, 4) is 0 Å². The fourth-order valence-electron chi connectivity index (χ4n) is 1.91. The molecular weight excluding hydrogens is 246 g/mol. The molecule has 0 unspecified atom stereocenters. The molecule has 98 valence electrons. The molecule has 0 aliphatic carbocycles. The number of morpholine rings is 1. The van der Waals surface area contributed by atoms with E-state index in [2.05, 4.69) is 12.1 Å². The first-order valence-electron chi connectivity index (χ1n) is 6.29. The highest BCUT2D eigenvalue weighted by Crippen LogP contribution is 2.19. The Morgan fingerprint density at radius 1 is 1.33 bits per heavy atom. The Labute approximate surface area is 113 Å². The summed E-state index contributed by atoms with van der Waals surface area (Å²) >= 11 is 1.70. The van der Waals surface area contributed by atoms with E-state index in [1.807, 2.05) is 30.0 Å². The van der Waals surface area contributed by atoms with Crippen LogP contribution in [0.3, 0.4) is 0 Å². The van der Waals surface area contributed by atoms with Crippen molar-refractivity contribution in [2.75, 3.05) is 26.3 Å². The number of thioether (sulfide) groups is 1. The molecule has 1 amide bonds. The molecule has 1 aliphatic heterocycles. The van der Waals surface area contributed by atoms with E-state index in [-0.39, 0.29) is 11.2 Å². The van der Waals surface area contributed by atoms with Gasteiger partial charge < -0.3 is 9.64 Å². The van der Waals surface area contributed by atoms with Gasteiger partial charge in [0.15, 0.2) is 0 Å². The molecule has 4 heteroatoms. The molecule has 1 atom stereocenters. The molecule has 1 fully saturated rings. The number of carbonyl (C=O) groups excluding carboxylic acids is 1. The number of nitrogens with zero attached hydrogens (tertiary/aromatic N) is 1. The second-order valence-electron chi connectivity index (χ2n) is 4.38. The number of hydrogen-bond donors (Lipinski definition) is 0. The summed E-state index contributed by atoms with van der Waals surface area (Å²) in [5.41, 5.74) is 1.27. The van der Waals surface area contributed by atoms with Gasteiger partial charge in [0, 0.05) is 18.8 Å².